The topological polar surface area (TPSA) is 63.9 Å². The number of benzene rings is 1. The third kappa shape index (κ3) is 2.48. The van der Waals surface area contributed by atoms with E-state index in [0.29, 0.717) is 17.6 Å². The SMILES string of the molecule is O=C1[C@@H](Sc2nnnn2C2CC2)CCN1c1ccccc1Cl. The second-order valence-corrected chi connectivity index (χ2v) is 7.05. The third-order valence-corrected chi connectivity index (χ3v) is 5.42. The predicted octanol–water partition coefficient (Wildman–Crippen LogP) is 2.56. The quantitative estimate of drug-likeness (QED) is 0.859. The standard InChI is InChI=1S/C14H14ClN5OS/c15-10-3-1-2-4-11(10)19-8-7-12(13(19)21)22-14-16-17-18-20(14)9-5-6-9/h1-4,9,12H,5-8H2/t12-/m0/s1. The molecule has 1 aromatic heterocycles. The molecule has 2 heterocycles. The largest absolute Gasteiger partial charge is 0.310 e. The van der Waals surface area contributed by atoms with Crippen molar-refractivity contribution in [2.45, 2.75) is 35.7 Å². The van der Waals surface area contributed by atoms with Gasteiger partial charge in [-0.25, -0.2) is 4.68 Å². The van der Waals surface area contributed by atoms with Gasteiger partial charge in [0.15, 0.2) is 0 Å². The Morgan fingerprint density at radius 1 is 1.23 bits per heavy atom. The Morgan fingerprint density at radius 2 is 2.05 bits per heavy atom. The number of anilines is 1. The fraction of sp³-hybridized carbons (Fsp3) is 0.429. The Hall–Kier alpha value is -1.60. The number of nitrogens with zero attached hydrogens (tertiary/aromatic N) is 5. The fourth-order valence-corrected chi connectivity index (χ4v) is 3.93. The lowest BCUT2D eigenvalue weighted by Gasteiger charge is -2.17. The van der Waals surface area contributed by atoms with E-state index < -0.39 is 0 Å². The molecule has 1 atom stereocenters. The number of halogens is 1. The molecule has 0 bridgehead atoms. The highest BCUT2D eigenvalue weighted by Gasteiger charge is 2.36. The molecule has 1 aliphatic carbocycles. The predicted molar refractivity (Wildman–Crippen MR) is 84.2 cm³/mol. The molecule has 0 unspecified atom stereocenters. The van der Waals surface area contributed by atoms with Crippen molar-refractivity contribution in [1.82, 2.24) is 20.2 Å². The van der Waals surface area contributed by atoms with Crippen LogP contribution in [0, 0.1) is 0 Å². The van der Waals surface area contributed by atoms with E-state index in [1.807, 2.05) is 22.9 Å². The minimum atomic E-state index is -0.153. The first-order valence-corrected chi connectivity index (χ1v) is 8.50. The molecule has 2 aromatic rings. The van der Waals surface area contributed by atoms with Crippen molar-refractivity contribution in [2.75, 3.05) is 11.4 Å². The normalized spacial score (nSPS) is 21.6. The van der Waals surface area contributed by atoms with Crippen LogP contribution < -0.4 is 4.90 Å². The van der Waals surface area contributed by atoms with Crippen LogP contribution in [0.1, 0.15) is 25.3 Å². The van der Waals surface area contributed by atoms with Crippen LogP contribution in [-0.4, -0.2) is 37.9 Å². The van der Waals surface area contributed by atoms with Gasteiger partial charge in [0.2, 0.25) is 11.1 Å². The molecular formula is C14H14ClN5OS. The van der Waals surface area contributed by atoms with Crippen LogP contribution in [-0.2, 0) is 4.79 Å². The summed E-state index contributed by atoms with van der Waals surface area (Å²) in [5.41, 5.74) is 0.777. The summed E-state index contributed by atoms with van der Waals surface area (Å²) >= 11 is 7.66. The molecule has 0 N–H and O–H groups in total. The molecule has 8 heteroatoms. The van der Waals surface area contributed by atoms with Gasteiger partial charge in [-0.3, -0.25) is 4.79 Å². The third-order valence-electron chi connectivity index (χ3n) is 3.90. The van der Waals surface area contributed by atoms with E-state index in [0.717, 1.165) is 30.1 Å². The molecule has 1 aromatic carbocycles. The van der Waals surface area contributed by atoms with Crippen LogP contribution in [0.25, 0.3) is 0 Å². The molecule has 2 fully saturated rings. The van der Waals surface area contributed by atoms with Crippen molar-refractivity contribution in [3.05, 3.63) is 29.3 Å². The first-order chi connectivity index (χ1) is 10.7. The highest BCUT2D eigenvalue weighted by atomic mass is 35.5. The van der Waals surface area contributed by atoms with Crippen molar-refractivity contribution in [3.8, 4) is 0 Å². The van der Waals surface area contributed by atoms with E-state index in [4.69, 9.17) is 11.6 Å². The zero-order valence-corrected chi connectivity index (χ0v) is 13.3. The lowest BCUT2D eigenvalue weighted by atomic mass is 10.3. The second-order valence-electron chi connectivity index (χ2n) is 5.47. The summed E-state index contributed by atoms with van der Waals surface area (Å²) in [7, 11) is 0. The number of carbonyl (C=O) groups excluding carboxylic acids is 1. The smallest absolute Gasteiger partial charge is 0.240 e. The molecule has 1 amide bonds. The minimum Gasteiger partial charge on any atom is -0.310 e. The van der Waals surface area contributed by atoms with Crippen LogP contribution in [0.2, 0.25) is 5.02 Å². The molecule has 4 rings (SSSR count). The first kappa shape index (κ1) is 14.0. The Balaban J connectivity index is 1.52. The Kier molecular flexibility index (Phi) is 3.54. The average Bonchev–Trinajstić information content (AvgIpc) is 3.16. The summed E-state index contributed by atoms with van der Waals surface area (Å²) in [4.78, 5) is 14.4. The number of hydrogen-bond donors (Lipinski definition) is 0. The zero-order chi connectivity index (χ0) is 15.1. The summed E-state index contributed by atoms with van der Waals surface area (Å²) in [6, 6.07) is 7.85. The van der Waals surface area contributed by atoms with Gasteiger partial charge in [0.1, 0.15) is 0 Å². The molecule has 6 nitrogen and oxygen atoms in total. The molecule has 22 heavy (non-hydrogen) atoms. The van der Waals surface area contributed by atoms with Crippen LogP contribution in [0.3, 0.4) is 0 Å². The highest BCUT2D eigenvalue weighted by molar-refractivity contribution is 8.00. The maximum absolute atomic E-state index is 12.6. The summed E-state index contributed by atoms with van der Waals surface area (Å²) < 4.78 is 1.84. The maximum Gasteiger partial charge on any atom is 0.240 e. The maximum atomic E-state index is 12.6. The van der Waals surface area contributed by atoms with E-state index in [1.54, 1.807) is 11.0 Å². The molecule has 1 saturated carbocycles. The zero-order valence-electron chi connectivity index (χ0n) is 11.7. The van der Waals surface area contributed by atoms with Gasteiger partial charge in [-0.15, -0.1) is 5.10 Å². The first-order valence-electron chi connectivity index (χ1n) is 7.24. The van der Waals surface area contributed by atoms with Crippen molar-refractivity contribution < 1.29 is 4.79 Å². The van der Waals surface area contributed by atoms with E-state index in [9.17, 15) is 4.79 Å². The number of hydrogen-bond acceptors (Lipinski definition) is 5. The number of amides is 1. The van der Waals surface area contributed by atoms with Gasteiger partial charge >= 0.3 is 0 Å². The molecule has 2 aliphatic rings. The lowest BCUT2D eigenvalue weighted by molar-refractivity contribution is -0.116. The Bertz CT molecular complexity index is 717. The van der Waals surface area contributed by atoms with Gasteiger partial charge < -0.3 is 4.90 Å². The van der Waals surface area contributed by atoms with Crippen molar-refractivity contribution in [1.29, 1.82) is 0 Å². The van der Waals surface area contributed by atoms with Crippen LogP contribution in [0.15, 0.2) is 29.4 Å². The van der Waals surface area contributed by atoms with Crippen LogP contribution >= 0.6 is 23.4 Å². The molecule has 0 radical (unpaired) electrons. The van der Waals surface area contributed by atoms with Gasteiger partial charge in [-0.1, -0.05) is 35.5 Å². The summed E-state index contributed by atoms with van der Waals surface area (Å²) in [5, 5.41) is 13.0. The summed E-state index contributed by atoms with van der Waals surface area (Å²) in [6.45, 7) is 0.672. The molecule has 1 aliphatic heterocycles. The Labute approximate surface area is 136 Å². The van der Waals surface area contributed by atoms with Crippen molar-refractivity contribution in [2.24, 2.45) is 0 Å². The van der Waals surface area contributed by atoms with E-state index in [1.165, 1.54) is 11.8 Å². The number of carbonyl (C=O) groups is 1. The molecule has 1 saturated heterocycles. The number of aromatic nitrogens is 4. The van der Waals surface area contributed by atoms with E-state index in [2.05, 4.69) is 15.5 Å². The van der Waals surface area contributed by atoms with E-state index >= 15 is 0 Å². The number of rotatable bonds is 4. The monoisotopic (exact) mass is 335 g/mol. The number of thioether (sulfide) groups is 1. The van der Waals surface area contributed by atoms with Crippen molar-refractivity contribution >= 4 is 35.0 Å². The van der Waals surface area contributed by atoms with Gasteiger partial charge in [0.25, 0.3) is 0 Å². The second kappa shape index (κ2) is 5.55. The molecular weight excluding hydrogens is 322 g/mol. The Morgan fingerprint density at radius 3 is 2.82 bits per heavy atom. The van der Waals surface area contributed by atoms with E-state index in [-0.39, 0.29) is 11.2 Å². The number of tetrazole rings is 1. The van der Waals surface area contributed by atoms with Gasteiger partial charge in [-0.05, 0) is 41.8 Å². The average molecular weight is 336 g/mol. The molecule has 114 valence electrons. The minimum absolute atomic E-state index is 0.0726. The van der Waals surface area contributed by atoms with Gasteiger partial charge in [0.05, 0.1) is 22.0 Å². The molecule has 0 spiro atoms. The van der Waals surface area contributed by atoms with Crippen molar-refractivity contribution in [3.63, 3.8) is 0 Å². The number of para-hydroxylation sites is 1. The van der Waals surface area contributed by atoms with Crippen LogP contribution in [0.5, 0.6) is 0 Å². The van der Waals surface area contributed by atoms with Gasteiger partial charge in [-0.2, -0.15) is 0 Å². The lowest BCUT2D eigenvalue weighted by Crippen LogP contribution is -2.28. The summed E-state index contributed by atoms with van der Waals surface area (Å²) in [5.74, 6) is 0.0726. The van der Waals surface area contributed by atoms with Gasteiger partial charge in [0, 0.05) is 6.54 Å². The fourth-order valence-electron chi connectivity index (χ4n) is 2.61. The summed E-state index contributed by atoms with van der Waals surface area (Å²) in [6.07, 6.45) is 3.00. The van der Waals surface area contributed by atoms with Crippen LogP contribution in [0.4, 0.5) is 5.69 Å². The highest BCUT2D eigenvalue weighted by Crippen LogP contribution is 2.39.